The predicted octanol–water partition coefficient (Wildman–Crippen LogP) is 2.59. The zero-order valence-corrected chi connectivity index (χ0v) is 11.8. The lowest BCUT2D eigenvalue weighted by Crippen LogP contribution is -1.98. The van der Waals surface area contributed by atoms with Crippen LogP contribution in [0.15, 0.2) is 36.7 Å². The summed E-state index contributed by atoms with van der Waals surface area (Å²) < 4.78 is 5.82. The van der Waals surface area contributed by atoms with E-state index in [4.69, 9.17) is 10.5 Å². The van der Waals surface area contributed by atoms with Crippen LogP contribution in [0.4, 0.5) is 0 Å². The van der Waals surface area contributed by atoms with Crippen LogP contribution in [0.5, 0.6) is 5.75 Å². The van der Waals surface area contributed by atoms with Gasteiger partial charge in [0.05, 0.1) is 6.54 Å². The molecule has 1 aromatic heterocycles. The van der Waals surface area contributed by atoms with Crippen LogP contribution in [0.25, 0.3) is 0 Å². The quantitative estimate of drug-likeness (QED) is 0.869. The summed E-state index contributed by atoms with van der Waals surface area (Å²) in [5.41, 5.74) is 9.59. The number of aryl methyl sites for hydroxylation is 2. The predicted molar refractivity (Wildman–Crippen MR) is 80.4 cm³/mol. The average molecular weight is 266 g/mol. The van der Waals surface area contributed by atoms with Gasteiger partial charge in [0.1, 0.15) is 12.4 Å². The molecule has 0 amide bonds. The van der Waals surface area contributed by atoms with Gasteiger partial charge in [-0.3, -0.25) is 4.98 Å². The van der Waals surface area contributed by atoms with Crippen molar-refractivity contribution in [2.75, 3.05) is 6.54 Å². The molecule has 0 fully saturated rings. The molecule has 0 unspecified atom stereocenters. The van der Waals surface area contributed by atoms with Gasteiger partial charge in [-0.15, -0.1) is 0 Å². The van der Waals surface area contributed by atoms with E-state index in [1.54, 1.807) is 0 Å². The molecule has 0 atom stereocenters. The molecule has 0 saturated heterocycles. The van der Waals surface area contributed by atoms with Crippen LogP contribution in [0.2, 0.25) is 0 Å². The van der Waals surface area contributed by atoms with E-state index in [9.17, 15) is 0 Å². The van der Waals surface area contributed by atoms with Crippen LogP contribution in [-0.4, -0.2) is 11.5 Å². The molecule has 0 aliphatic rings. The third-order valence-electron chi connectivity index (χ3n) is 2.84. The molecule has 0 aliphatic carbocycles. The number of nitrogens with two attached hydrogens (primary N) is 1. The Morgan fingerprint density at radius 1 is 1.20 bits per heavy atom. The molecule has 20 heavy (non-hydrogen) atoms. The number of aromatic nitrogens is 1. The molecule has 0 saturated carbocycles. The van der Waals surface area contributed by atoms with Gasteiger partial charge in [0.2, 0.25) is 0 Å². The van der Waals surface area contributed by atoms with Crippen molar-refractivity contribution in [3.63, 3.8) is 0 Å². The van der Waals surface area contributed by atoms with Crippen molar-refractivity contribution >= 4 is 0 Å². The van der Waals surface area contributed by atoms with E-state index in [2.05, 4.69) is 22.9 Å². The second-order valence-corrected chi connectivity index (χ2v) is 4.65. The Kier molecular flexibility index (Phi) is 4.75. The molecule has 0 radical (unpaired) electrons. The van der Waals surface area contributed by atoms with E-state index in [0.29, 0.717) is 13.2 Å². The molecule has 3 heteroatoms. The lowest BCUT2D eigenvalue weighted by atomic mass is 10.1. The maximum atomic E-state index is 5.82. The Balaban J connectivity index is 2.06. The SMILES string of the molecule is Cc1cncc(COc2ccc(C#CCN)cc2C)c1. The van der Waals surface area contributed by atoms with E-state index in [1.807, 2.05) is 44.4 Å². The van der Waals surface area contributed by atoms with E-state index in [1.165, 1.54) is 0 Å². The molecule has 102 valence electrons. The summed E-state index contributed by atoms with van der Waals surface area (Å²) in [6.07, 6.45) is 3.66. The Labute approximate surface area is 119 Å². The van der Waals surface area contributed by atoms with E-state index in [0.717, 1.165) is 28.0 Å². The molecule has 1 aromatic carbocycles. The second-order valence-electron chi connectivity index (χ2n) is 4.65. The zero-order chi connectivity index (χ0) is 14.4. The highest BCUT2D eigenvalue weighted by Crippen LogP contribution is 2.20. The van der Waals surface area contributed by atoms with Crippen LogP contribution in [0, 0.1) is 25.7 Å². The lowest BCUT2D eigenvalue weighted by Gasteiger charge is -2.09. The summed E-state index contributed by atoms with van der Waals surface area (Å²) in [6.45, 7) is 4.92. The smallest absolute Gasteiger partial charge is 0.122 e. The molecular formula is C17H18N2O. The molecule has 1 heterocycles. The fourth-order valence-corrected chi connectivity index (χ4v) is 1.90. The number of hydrogen-bond acceptors (Lipinski definition) is 3. The third-order valence-corrected chi connectivity index (χ3v) is 2.84. The molecule has 2 N–H and O–H groups in total. The van der Waals surface area contributed by atoms with Gasteiger partial charge in [0.15, 0.2) is 0 Å². The molecule has 0 spiro atoms. The van der Waals surface area contributed by atoms with Crippen molar-refractivity contribution in [3.8, 4) is 17.6 Å². The van der Waals surface area contributed by atoms with Gasteiger partial charge in [-0.25, -0.2) is 0 Å². The van der Waals surface area contributed by atoms with Gasteiger partial charge >= 0.3 is 0 Å². The first-order chi connectivity index (χ1) is 9.69. The highest BCUT2D eigenvalue weighted by molar-refractivity contribution is 5.43. The van der Waals surface area contributed by atoms with Crippen molar-refractivity contribution in [2.45, 2.75) is 20.5 Å². The summed E-state index contributed by atoms with van der Waals surface area (Å²) in [7, 11) is 0. The molecule has 0 bridgehead atoms. The summed E-state index contributed by atoms with van der Waals surface area (Å²) in [5.74, 6) is 6.72. The standard InChI is InChI=1S/C17H18N2O/c1-13-8-16(11-19-10-13)12-20-17-6-5-15(4-3-7-18)9-14(17)2/h5-6,8-11H,7,12,18H2,1-2H3. The number of rotatable bonds is 3. The molecule has 2 rings (SSSR count). The van der Waals surface area contributed by atoms with Gasteiger partial charge in [0.25, 0.3) is 0 Å². The van der Waals surface area contributed by atoms with Crippen molar-refractivity contribution in [2.24, 2.45) is 5.73 Å². The number of hydrogen-bond donors (Lipinski definition) is 1. The van der Waals surface area contributed by atoms with E-state index >= 15 is 0 Å². The summed E-state index contributed by atoms with van der Waals surface area (Å²) in [4.78, 5) is 4.16. The minimum Gasteiger partial charge on any atom is -0.489 e. The molecule has 0 aliphatic heterocycles. The fourth-order valence-electron chi connectivity index (χ4n) is 1.90. The highest BCUT2D eigenvalue weighted by Gasteiger charge is 2.01. The van der Waals surface area contributed by atoms with Gasteiger partial charge in [-0.2, -0.15) is 0 Å². The van der Waals surface area contributed by atoms with Gasteiger partial charge in [-0.1, -0.05) is 11.8 Å². The molecule has 2 aromatic rings. The van der Waals surface area contributed by atoms with Crippen molar-refractivity contribution in [1.29, 1.82) is 0 Å². The van der Waals surface area contributed by atoms with E-state index in [-0.39, 0.29) is 0 Å². The average Bonchev–Trinajstić information content (AvgIpc) is 2.44. The van der Waals surface area contributed by atoms with Crippen molar-refractivity contribution in [1.82, 2.24) is 4.98 Å². The fraction of sp³-hybridized carbons (Fsp3) is 0.235. The van der Waals surface area contributed by atoms with Crippen LogP contribution in [-0.2, 0) is 6.61 Å². The van der Waals surface area contributed by atoms with Crippen LogP contribution in [0.1, 0.15) is 22.3 Å². The van der Waals surface area contributed by atoms with Gasteiger partial charge in [-0.05, 0) is 49.2 Å². The number of pyridine rings is 1. The summed E-state index contributed by atoms with van der Waals surface area (Å²) in [5, 5.41) is 0. The maximum absolute atomic E-state index is 5.82. The molecule has 3 nitrogen and oxygen atoms in total. The second kappa shape index (κ2) is 6.74. The zero-order valence-electron chi connectivity index (χ0n) is 11.8. The minimum atomic E-state index is 0.373. The number of nitrogens with zero attached hydrogens (tertiary/aromatic N) is 1. The van der Waals surface area contributed by atoms with Crippen LogP contribution in [0.3, 0.4) is 0 Å². The molecular weight excluding hydrogens is 248 g/mol. The first-order valence-corrected chi connectivity index (χ1v) is 6.52. The third kappa shape index (κ3) is 3.84. The Morgan fingerprint density at radius 3 is 2.75 bits per heavy atom. The summed E-state index contributed by atoms with van der Waals surface area (Å²) in [6, 6.07) is 7.97. The largest absolute Gasteiger partial charge is 0.489 e. The van der Waals surface area contributed by atoms with Crippen LogP contribution >= 0.6 is 0 Å². The maximum Gasteiger partial charge on any atom is 0.122 e. The van der Waals surface area contributed by atoms with Crippen LogP contribution < -0.4 is 10.5 Å². The number of ether oxygens (including phenoxy) is 1. The Morgan fingerprint density at radius 2 is 2.05 bits per heavy atom. The van der Waals surface area contributed by atoms with Crippen molar-refractivity contribution in [3.05, 3.63) is 58.9 Å². The Hall–Kier alpha value is -2.31. The monoisotopic (exact) mass is 266 g/mol. The number of benzene rings is 1. The van der Waals surface area contributed by atoms with Crippen molar-refractivity contribution < 1.29 is 4.74 Å². The first-order valence-electron chi connectivity index (χ1n) is 6.52. The van der Waals surface area contributed by atoms with Gasteiger partial charge < -0.3 is 10.5 Å². The van der Waals surface area contributed by atoms with Gasteiger partial charge in [0, 0.05) is 23.5 Å². The minimum absolute atomic E-state index is 0.373. The normalized spacial score (nSPS) is 9.75. The van der Waals surface area contributed by atoms with E-state index < -0.39 is 0 Å². The first kappa shape index (κ1) is 14.1. The Bertz CT molecular complexity index is 654. The summed E-state index contributed by atoms with van der Waals surface area (Å²) >= 11 is 0. The topological polar surface area (TPSA) is 48.1 Å². The highest BCUT2D eigenvalue weighted by atomic mass is 16.5. The lowest BCUT2D eigenvalue weighted by molar-refractivity contribution is 0.303.